The number of fused-ring (bicyclic) bond motifs is 1. The fraction of sp³-hybridized carbons (Fsp3) is 0.405. The summed E-state index contributed by atoms with van der Waals surface area (Å²) in [5.41, 5.74) is 2.13. The maximum atomic E-state index is 9.98. The van der Waals surface area contributed by atoms with Crippen LogP contribution in [0.2, 0.25) is 30.7 Å². The van der Waals surface area contributed by atoms with Crippen LogP contribution in [0, 0.1) is 11.3 Å². The van der Waals surface area contributed by atoms with Crippen molar-refractivity contribution in [2.24, 2.45) is 0 Å². The molecular formula is C37H46N6O2Si2. The lowest BCUT2D eigenvalue weighted by atomic mass is 9.72. The maximum Gasteiger partial charge on any atom is 0.261 e. The van der Waals surface area contributed by atoms with E-state index in [9.17, 15) is 5.26 Å². The van der Waals surface area contributed by atoms with E-state index in [0.717, 1.165) is 47.8 Å². The van der Waals surface area contributed by atoms with Crippen molar-refractivity contribution in [3.8, 4) is 17.3 Å². The van der Waals surface area contributed by atoms with Crippen molar-refractivity contribution in [1.29, 1.82) is 5.26 Å². The minimum Gasteiger partial charge on any atom is -0.404 e. The first-order valence-electron chi connectivity index (χ1n) is 16.5. The summed E-state index contributed by atoms with van der Waals surface area (Å²) in [5, 5.41) is 18.2. The summed E-state index contributed by atoms with van der Waals surface area (Å²) in [6.07, 6.45) is 9.32. The monoisotopic (exact) mass is 662 g/mol. The predicted molar refractivity (Wildman–Crippen MR) is 193 cm³/mol. The molecule has 0 aliphatic heterocycles. The second-order valence-electron chi connectivity index (χ2n) is 15.1. The number of nitrogens with zero attached hydrogens (tertiary/aromatic N) is 6. The predicted octanol–water partition coefficient (Wildman–Crippen LogP) is 6.96. The van der Waals surface area contributed by atoms with Crippen molar-refractivity contribution in [2.45, 2.75) is 89.1 Å². The first-order chi connectivity index (χ1) is 22.5. The van der Waals surface area contributed by atoms with E-state index >= 15 is 0 Å². The number of aromatic nitrogens is 5. The fourth-order valence-electron chi connectivity index (χ4n) is 6.96. The summed E-state index contributed by atoms with van der Waals surface area (Å²) < 4.78 is 17.4. The lowest BCUT2D eigenvalue weighted by molar-refractivity contribution is -0.0163. The van der Waals surface area contributed by atoms with E-state index in [4.69, 9.17) is 14.3 Å². The third-order valence-electron chi connectivity index (χ3n) is 9.51. The summed E-state index contributed by atoms with van der Waals surface area (Å²) >= 11 is 0. The molecule has 6 rings (SSSR count). The van der Waals surface area contributed by atoms with Gasteiger partial charge in [0.05, 0.1) is 36.0 Å². The minimum atomic E-state index is -2.71. The van der Waals surface area contributed by atoms with Gasteiger partial charge in [-0.25, -0.2) is 9.97 Å². The molecule has 0 spiro atoms. The van der Waals surface area contributed by atoms with Crippen molar-refractivity contribution in [2.75, 3.05) is 6.61 Å². The van der Waals surface area contributed by atoms with Crippen LogP contribution in [0.3, 0.4) is 0 Å². The van der Waals surface area contributed by atoms with Gasteiger partial charge in [0.15, 0.2) is 0 Å². The van der Waals surface area contributed by atoms with Crippen molar-refractivity contribution in [1.82, 2.24) is 24.3 Å². The van der Waals surface area contributed by atoms with E-state index in [1.54, 1.807) is 6.33 Å². The van der Waals surface area contributed by atoms with Crippen LogP contribution >= 0.6 is 0 Å². The standard InChI is InChI=1S/C37H46N6O2Si2/c1-36(2,3)47(31-13-9-7-10-14-31,32-15-11-8-12-16-32)45-30-23-37(24-30,18-19-38)43-26-29(25-41-43)34-33-17-20-42(35(33)40-27-39-34)28-44-21-22-46(4,5)6/h7-17,20,25-27,30H,18,21-24,28H2,1-6H3. The molecule has 5 aromatic rings. The molecule has 1 aliphatic carbocycles. The van der Waals surface area contributed by atoms with Crippen LogP contribution in [0.1, 0.15) is 40.0 Å². The Bertz CT molecular complexity index is 1810. The van der Waals surface area contributed by atoms with Gasteiger partial charge < -0.3 is 13.7 Å². The highest BCUT2D eigenvalue weighted by atomic mass is 28.4. The van der Waals surface area contributed by atoms with E-state index < -0.39 is 21.9 Å². The molecule has 0 unspecified atom stereocenters. The van der Waals surface area contributed by atoms with Gasteiger partial charge in [-0.3, -0.25) is 4.68 Å². The molecule has 0 atom stereocenters. The summed E-state index contributed by atoms with van der Waals surface area (Å²) in [5.74, 6) is 0. The van der Waals surface area contributed by atoms with Gasteiger partial charge in [0.1, 0.15) is 18.7 Å². The molecule has 0 N–H and O–H groups in total. The lowest BCUT2D eigenvalue weighted by Gasteiger charge is -2.52. The first-order valence-corrected chi connectivity index (χ1v) is 22.2. The van der Waals surface area contributed by atoms with Gasteiger partial charge in [-0.15, -0.1) is 0 Å². The molecule has 47 heavy (non-hydrogen) atoms. The number of benzene rings is 2. The molecule has 2 aromatic carbocycles. The lowest BCUT2D eigenvalue weighted by Crippen LogP contribution is -2.69. The molecule has 10 heteroatoms. The van der Waals surface area contributed by atoms with Crippen molar-refractivity contribution >= 4 is 37.8 Å². The topological polar surface area (TPSA) is 90.8 Å². The molecule has 1 saturated carbocycles. The molecule has 244 valence electrons. The summed E-state index contributed by atoms with van der Waals surface area (Å²) in [7, 11) is -3.86. The Labute approximate surface area is 280 Å². The Morgan fingerprint density at radius 3 is 2.21 bits per heavy atom. The molecular weight excluding hydrogens is 617 g/mol. The first kappa shape index (κ1) is 33.0. The van der Waals surface area contributed by atoms with Crippen molar-refractivity contribution in [3.63, 3.8) is 0 Å². The number of hydrogen-bond donors (Lipinski definition) is 0. The van der Waals surface area contributed by atoms with Crippen LogP contribution in [-0.2, 0) is 21.4 Å². The second kappa shape index (κ2) is 13.0. The van der Waals surface area contributed by atoms with Crippen LogP contribution in [-0.4, -0.2) is 53.4 Å². The highest BCUT2D eigenvalue weighted by molar-refractivity contribution is 6.99. The molecule has 3 aromatic heterocycles. The third-order valence-corrected chi connectivity index (χ3v) is 16.3. The van der Waals surface area contributed by atoms with Gasteiger partial charge in [-0.1, -0.05) is 101 Å². The van der Waals surface area contributed by atoms with E-state index in [1.807, 2.05) is 33.9 Å². The zero-order valence-corrected chi connectivity index (χ0v) is 30.5. The molecule has 0 saturated heterocycles. The molecule has 0 bridgehead atoms. The van der Waals surface area contributed by atoms with E-state index in [2.05, 4.69) is 117 Å². The van der Waals surface area contributed by atoms with Gasteiger partial charge in [0.2, 0.25) is 0 Å². The van der Waals surface area contributed by atoms with E-state index in [1.165, 1.54) is 10.4 Å². The zero-order valence-electron chi connectivity index (χ0n) is 28.5. The SMILES string of the molecule is CC(C)(C)[Si](OC1CC(CC#N)(n2cc(-c3ncnc4c3ccn4COCC[Si](C)(C)C)cn2)C1)(c1ccccc1)c1ccccc1. The van der Waals surface area contributed by atoms with Gasteiger partial charge in [-0.2, -0.15) is 10.4 Å². The fourth-order valence-corrected chi connectivity index (χ4v) is 12.4. The summed E-state index contributed by atoms with van der Waals surface area (Å²) in [4.78, 5) is 9.24. The molecule has 8 nitrogen and oxygen atoms in total. The van der Waals surface area contributed by atoms with Crippen molar-refractivity contribution in [3.05, 3.63) is 91.6 Å². The van der Waals surface area contributed by atoms with Crippen LogP contribution in [0.15, 0.2) is 91.6 Å². The van der Waals surface area contributed by atoms with E-state index in [0.29, 0.717) is 13.2 Å². The number of rotatable bonds is 12. The Morgan fingerprint density at radius 1 is 0.957 bits per heavy atom. The van der Waals surface area contributed by atoms with Crippen LogP contribution in [0.25, 0.3) is 22.3 Å². The molecule has 1 aliphatic rings. The highest BCUT2D eigenvalue weighted by Crippen LogP contribution is 2.48. The minimum absolute atomic E-state index is 0.00282. The highest BCUT2D eigenvalue weighted by Gasteiger charge is 2.56. The van der Waals surface area contributed by atoms with Gasteiger partial charge in [-0.05, 0) is 40.4 Å². The average molecular weight is 663 g/mol. The van der Waals surface area contributed by atoms with Gasteiger partial charge in [0.25, 0.3) is 8.32 Å². The van der Waals surface area contributed by atoms with Crippen molar-refractivity contribution < 1.29 is 9.16 Å². The molecule has 1 fully saturated rings. The Morgan fingerprint density at radius 2 is 1.62 bits per heavy atom. The number of ether oxygens (including phenoxy) is 1. The second-order valence-corrected chi connectivity index (χ2v) is 25.0. The van der Waals surface area contributed by atoms with Crippen LogP contribution in [0.5, 0.6) is 0 Å². The summed E-state index contributed by atoms with van der Waals surface area (Å²) in [6, 6.07) is 27.1. The Balaban J connectivity index is 1.25. The molecule has 0 radical (unpaired) electrons. The van der Waals surface area contributed by atoms with Gasteiger partial charge >= 0.3 is 0 Å². The van der Waals surface area contributed by atoms with E-state index in [-0.39, 0.29) is 11.1 Å². The van der Waals surface area contributed by atoms with Gasteiger partial charge in [0, 0.05) is 38.0 Å². The average Bonchev–Trinajstić information content (AvgIpc) is 3.68. The summed E-state index contributed by atoms with van der Waals surface area (Å²) in [6.45, 7) is 15.2. The smallest absolute Gasteiger partial charge is 0.261 e. The Kier molecular flexibility index (Phi) is 9.11. The quantitative estimate of drug-likeness (QED) is 0.106. The normalized spacial score (nSPS) is 18.6. The van der Waals surface area contributed by atoms with Crippen LogP contribution in [0.4, 0.5) is 0 Å². The molecule has 0 amide bonds. The Hall–Kier alpha value is -3.89. The largest absolute Gasteiger partial charge is 0.404 e. The third kappa shape index (κ3) is 6.50. The molecule has 3 heterocycles. The zero-order chi connectivity index (χ0) is 33.3. The number of nitriles is 1. The number of hydrogen-bond acceptors (Lipinski definition) is 6. The maximum absolute atomic E-state index is 9.98. The van der Waals surface area contributed by atoms with Crippen LogP contribution < -0.4 is 10.4 Å².